The Balaban J connectivity index is 1.76. The van der Waals surface area contributed by atoms with E-state index >= 15 is 0 Å². The third-order valence-electron chi connectivity index (χ3n) is 3.56. The van der Waals surface area contributed by atoms with E-state index < -0.39 is 0 Å². The number of rotatable bonds is 8. The molecule has 1 aromatic heterocycles. The molecule has 128 valence electrons. The van der Waals surface area contributed by atoms with Gasteiger partial charge in [0, 0.05) is 19.3 Å². The van der Waals surface area contributed by atoms with Crippen LogP contribution in [0.1, 0.15) is 24.6 Å². The smallest absolute Gasteiger partial charge is 0.191 e. The molecule has 0 bridgehead atoms. The Morgan fingerprint density at radius 2 is 1.96 bits per heavy atom. The number of guanidine groups is 1. The molecular formula is C19H26N4O. The Kier molecular flexibility index (Phi) is 7.60. The molecule has 0 aliphatic rings. The SMILES string of the molecule is CCNC(=NCc1ccccn1)NCCCc1ccc(OC)cc1. The molecule has 0 unspecified atom stereocenters. The standard InChI is InChI=1S/C19H26N4O/c1-3-20-19(23-15-17-8-4-5-13-21-17)22-14-6-7-16-9-11-18(24-2)12-10-16/h4-5,8-13H,3,6-7,14-15H2,1-2H3,(H2,20,22,23). The van der Waals surface area contributed by atoms with Crippen molar-refractivity contribution in [2.75, 3.05) is 20.2 Å². The van der Waals surface area contributed by atoms with Gasteiger partial charge in [0.1, 0.15) is 5.75 Å². The van der Waals surface area contributed by atoms with Crippen molar-refractivity contribution in [3.05, 3.63) is 59.9 Å². The minimum atomic E-state index is 0.578. The average molecular weight is 326 g/mol. The largest absolute Gasteiger partial charge is 0.497 e. The molecule has 0 aliphatic heterocycles. The number of aliphatic imine (C=N–C) groups is 1. The van der Waals surface area contributed by atoms with Crippen LogP contribution in [0.5, 0.6) is 5.75 Å². The van der Waals surface area contributed by atoms with Gasteiger partial charge >= 0.3 is 0 Å². The first-order chi connectivity index (χ1) is 11.8. The van der Waals surface area contributed by atoms with Gasteiger partial charge in [0.25, 0.3) is 0 Å². The number of benzene rings is 1. The zero-order valence-corrected chi connectivity index (χ0v) is 14.5. The van der Waals surface area contributed by atoms with Gasteiger partial charge in [-0.15, -0.1) is 0 Å². The number of methoxy groups -OCH3 is 1. The van der Waals surface area contributed by atoms with Gasteiger partial charge in [-0.2, -0.15) is 0 Å². The van der Waals surface area contributed by atoms with E-state index in [0.29, 0.717) is 6.54 Å². The lowest BCUT2D eigenvalue weighted by atomic mass is 10.1. The van der Waals surface area contributed by atoms with Crippen molar-refractivity contribution in [1.29, 1.82) is 0 Å². The number of pyridine rings is 1. The normalized spacial score (nSPS) is 11.2. The molecule has 0 saturated heterocycles. The Labute approximate surface area is 144 Å². The maximum Gasteiger partial charge on any atom is 0.191 e. The predicted octanol–water partition coefficient (Wildman–Crippen LogP) is 2.78. The van der Waals surface area contributed by atoms with Crippen molar-refractivity contribution < 1.29 is 4.74 Å². The maximum atomic E-state index is 5.18. The molecule has 1 heterocycles. The third kappa shape index (κ3) is 6.28. The highest BCUT2D eigenvalue weighted by atomic mass is 16.5. The lowest BCUT2D eigenvalue weighted by Gasteiger charge is -2.11. The minimum Gasteiger partial charge on any atom is -0.497 e. The van der Waals surface area contributed by atoms with Crippen LogP contribution in [0.2, 0.25) is 0 Å². The highest BCUT2D eigenvalue weighted by molar-refractivity contribution is 5.79. The van der Waals surface area contributed by atoms with Gasteiger partial charge in [0.15, 0.2) is 5.96 Å². The lowest BCUT2D eigenvalue weighted by molar-refractivity contribution is 0.414. The van der Waals surface area contributed by atoms with Crippen molar-refractivity contribution in [2.24, 2.45) is 4.99 Å². The van der Waals surface area contributed by atoms with Gasteiger partial charge in [-0.3, -0.25) is 4.98 Å². The third-order valence-corrected chi connectivity index (χ3v) is 3.56. The van der Waals surface area contributed by atoms with Crippen molar-refractivity contribution in [2.45, 2.75) is 26.3 Å². The van der Waals surface area contributed by atoms with E-state index in [2.05, 4.69) is 39.7 Å². The van der Waals surface area contributed by atoms with Gasteiger partial charge in [0.2, 0.25) is 0 Å². The number of hydrogen-bond acceptors (Lipinski definition) is 3. The zero-order chi connectivity index (χ0) is 17.0. The van der Waals surface area contributed by atoms with Crippen molar-refractivity contribution in [1.82, 2.24) is 15.6 Å². The fraction of sp³-hybridized carbons (Fsp3) is 0.368. The molecule has 0 saturated carbocycles. The molecule has 0 fully saturated rings. The topological polar surface area (TPSA) is 58.5 Å². The maximum absolute atomic E-state index is 5.18. The van der Waals surface area contributed by atoms with E-state index in [1.807, 2.05) is 30.3 Å². The Morgan fingerprint density at radius 3 is 2.62 bits per heavy atom. The fourth-order valence-corrected chi connectivity index (χ4v) is 2.28. The van der Waals surface area contributed by atoms with Gasteiger partial charge < -0.3 is 15.4 Å². The van der Waals surface area contributed by atoms with Crippen LogP contribution in [0.15, 0.2) is 53.7 Å². The molecule has 5 nitrogen and oxygen atoms in total. The molecule has 0 aliphatic carbocycles. The van der Waals surface area contributed by atoms with Crippen molar-refractivity contribution in [3.8, 4) is 5.75 Å². The molecule has 0 spiro atoms. The number of aromatic nitrogens is 1. The van der Waals surface area contributed by atoms with Crippen LogP contribution in [0.25, 0.3) is 0 Å². The van der Waals surface area contributed by atoms with Crippen LogP contribution in [-0.2, 0) is 13.0 Å². The number of nitrogens with zero attached hydrogens (tertiary/aromatic N) is 2. The second kappa shape index (κ2) is 10.3. The van der Waals surface area contributed by atoms with Crippen LogP contribution < -0.4 is 15.4 Å². The van der Waals surface area contributed by atoms with Crippen molar-refractivity contribution >= 4 is 5.96 Å². The molecule has 5 heteroatoms. The Hall–Kier alpha value is -2.56. The fourth-order valence-electron chi connectivity index (χ4n) is 2.28. The predicted molar refractivity (Wildman–Crippen MR) is 98.4 cm³/mol. The quantitative estimate of drug-likeness (QED) is 0.445. The summed E-state index contributed by atoms with van der Waals surface area (Å²) in [4.78, 5) is 8.85. The van der Waals surface area contributed by atoms with Crippen LogP contribution >= 0.6 is 0 Å². The van der Waals surface area contributed by atoms with E-state index in [4.69, 9.17) is 4.74 Å². The second-order valence-corrected chi connectivity index (χ2v) is 5.39. The first-order valence-electron chi connectivity index (χ1n) is 8.37. The molecular weight excluding hydrogens is 300 g/mol. The summed E-state index contributed by atoms with van der Waals surface area (Å²) in [5, 5.41) is 6.63. The second-order valence-electron chi connectivity index (χ2n) is 5.39. The summed E-state index contributed by atoms with van der Waals surface area (Å²) < 4.78 is 5.18. The first-order valence-corrected chi connectivity index (χ1v) is 8.37. The highest BCUT2D eigenvalue weighted by Gasteiger charge is 1.99. The van der Waals surface area contributed by atoms with Gasteiger partial charge in [0.05, 0.1) is 19.3 Å². The zero-order valence-electron chi connectivity index (χ0n) is 14.5. The first kappa shape index (κ1) is 17.8. The number of ether oxygens (including phenoxy) is 1. The summed E-state index contributed by atoms with van der Waals surface area (Å²) in [6.07, 6.45) is 3.86. The van der Waals surface area contributed by atoms with Crippen LogP contribution in [0.3, 0.4) is 0 Å². The van der Waals surface area contributed by atoms with E-state index in [9.17, 15) is 0 Å². The molecule has 2 aromatic rings. The summed E-state index contributed by atoms with van der Waals surface area (Å²) in [5.41, 5.74) is 2.28. The summed E-state index contributed by atoms with van der Waals surface area (Å²) in [5.74, 6) is 1.73. The summed E-state index contributed by atoms with van der Waals surface area (Å²) in [7, 11) is 1.69. The lowest BCUT2D eigenvalue weighted by Crippen LogP contribution is -2.37. The Morgan fingerprint density at radius 1 is 1.12 bits per heavy atom. The molecule has 0 atom stereocenters. The number of nitrogens with one attached hydrogen (secondary N) is 2. The van der Waals surface area contributed by atoms with E-state index in [-0.39, 0.29) is 0 Å². The monoisotopic (exact) mass is 326 g/mol. The van der Waals surface area contributed by atoms with Gasteiger partial charge in [-0.05, 0) is 49.6 Å². The van der Waals surface area contributed by atoms with Crippen LogP contribution in [0, 0.1) is 0 Å². The minimum absolute atomic E-state index is 0.578. The number of aryl methyl sites for hydroxylation is 1. The number of hydrogen-bond donors (Lipinski definition) is 2. The van der Waals surface area contributed by atoms with Gasteiger partial charge in [-0.1, -0.05) is 18.2 Å². The van der Waals surface area contributed by atoms with Gasteiger partial charge in [-0.25, -0.2) is 4.99 Å². The molecule has 2 N–H and O–H groups in total. The highest BCUT2D eigenvalue weighted by Crippen LogP contribution is 2.12. The molecule has 0 radical (unpaired) electrons. The molecule has 2 rings (SSSR count). The van der Waals surface area contributed by atoms with Crippen LogP contribution in [0.4, 0.5) is 0 Å². The molecule has 1 aromatic carbocycles. The van der Waals surface area contributed by atoms with Crippen LogP contribution in [-0.4, -0.2) is 31.1 Å². The molecule has 24 heavy (non-hydrogen) atoms. The van der Waals surface area contributed by atoms with Crippen molar-refractivity contribution in [3.63, 3.8) is 0 Å². The van der Waals surface area contributed by atoms with E-state index in [1.165, 1.54) is 5.56 Å². The Bertz CT molecular complexity index is 611. The summed E-state index contributed by atoms with van der Waals surface area (Å²) >= 11 is 0. The van der Waals surface area contributed by atoms with E-state index in [1.54, 1.807) is 13.3 Å². The summed E-state index contributed by atoms with van der Waals surface area (Å²) in [6.45, 7) is 4.36. The summed E-state index contributed by atoms with van der Waals surface area (Å²) in [6, 6.07) is 14.1. The average Bonchev–Trinajstić information content (AvgIpc) is 2.64. The van der Waals surface area contributed by atoms with E-state index in [0.717, 1.165) is 43.3 Å². The molecule has 0 amide bonds.